The third kappa shape index (κ3) is 3.29. The fourth-order valence-electron chi connectivity index (χ4n) is 1.93. The van der Waals surface area contributed by atoms with Gasteiger partial charge in [0.05, 0.1) is 5.69 Å². The highest BCUT2D eigenvalue weighted by atomic mass is 15.6. The van der Waals surface area contributed by atoms with Gasteiger partial charge in [0.1, 0.15) is 0 Å². The predicted octanol–water partition coefficient (Wildman–Crippen LogP) is 1.23. The van der Waals surface area contributed by atoms with Crippen LogP contribution in [0.15, 0.2) is 30.3 Å². The van der Waals surface area contributed by atoms with Crippen LogP contribution < -0.4 is 10.6 Å². The van der Waals surface area contributed by atoms with Gasteiger partial charge in [-0.25, -0.2) is 0 Å². The lowest BCUT2D eigenvalue weighted by Gasteiger charge is -2.22. The molecule has 2 rings (SSSR count). The second-order valence-corrected chi connectivity index (χ2v) is 4.36. The van der Waals surface area contributed by atoms with Crippen LogP contribution in [0.4, 0.5) is 5.95 Å². The summed E-state index contributed by atoms with van der Waals surface area (Å²) in [4.78, 5) is 2.14. The topological polar surface area (TPSA) is 72.9 Å². The highest BCUT2D eigenvalue weighted by Crippen LogP contribution is 2.15. The van der Waals surface area contributed by atoms with Crippen molar-refractivity contribution < 1.29 is 0 Å². The van der Waals surface area contributed by atoms with E-state index in [-0.39, 0.29) is 0 Å². The molecule has 0 saturated carbocycles. The summed E-state index contributed by atoms with van der Waals surface area (Å²) >= 11 is 0. The summed E-state index contributed by atoms with van der Waals surface area (Å²) in [6.07, 6.45) is 2.23. The zero-order valence-corrected chi connectivity index (χ0v) is 11.2. The van der Waals surface area contributed by atoms with Gasteiger partial charge in [0.15, 0.2) is 0 Å². The van der Waals surface area contributed by atoms with Gasteiger partial charge in [-0.3, -0.25) is 0 Å². The van der Waals surface area contributed by atoms with Crippen molar-refractivity contribution in [3.63, 3.8) is 0 Å². The number of para-hydroxylation sites is 1. The number of nitrogens with two attached hydrogens (primary N) is 1. The van der Waals surface area contributed by atoms with Crippen LogP contribution in [0.3, 0.4) is 0 Å². The molecule has 0 fully saturated rings. The number of anilines is 1. The molecular weight excluding hydrogens is 240 g/mol. The maximum atomic E-state index is 5.68. The smallest absolute Gasteiger partial charge is 0.250 e. The average molecular weight is 260 g/mol. The number of unbranched alkanes of at least 4 members (excludes halogenated alkanes) is 1. The molecule has 0 atom stereocenters. The number of aromatic nitrogens is 4. The number of benzene rings is 1. The Bertz CT molecular complexity index is 481. The van der Waals surface area contributed by atoms with Crippen LogP contribution in [-0.4, -0.2) is 39.8 Å². The van der Waals surface area contributed by atoms with Crippen molar-refractivity contribution >= 4 is 5.95 Å². The van der Waals surface area contributed by atoms with E-state index >= 15 is 0 Å². The van der Waals surface area contributed by atoms with Gasteiger partial charge < -0.3 is 10.6 Å². The zero-order chi connectivity index (χ0) is 13.5. The van der Waals surface area contributed by atoms with E-state index in [2.05, 4.69) is 27.3 Å². The number of rotatable bonds is 7. The summed E-state index contributed by atoms with van der Waals surface area (Å²) in [5.41, 5.74) is 6.64. The van der Waals surface area contributed by atoms with E-state index in [1.165, 1.54) is 0 Å². The van der Waals surface area contributed by atoms with Gasteiger partial charge in [-0.2, -0.15) is 4.68 Å². The largest absolute Gasteiger partial charge is 0.338 e. The number of hydrogen-bond acceptors (Lipinski definition) is 5. The van der Waals surface area contributed by atoms with Crippen molar-refractivity contribution in [1.29, 1.82) is 0 Å². The summed E-state index contributed by atoms with van der Waals surface area (Å²) in [7, 11) is 0. The van der Waals surface area contributed by atoms with Gasteiger partial charge in [-0.05, 0) is 29.0 Å². The van der Waals surface area contributed by atoms with Crippen molar-refractivity contribution in [3.05, 3.63) is 30.3 Å². The maximum absolute atomic E-state index is 5.68. The third-order valence-electron chi connectivity index (χ3n) is 2.92. The van der Waals surface area contributed by atoms with E-state index in [0.29, 0.717) is 6.54 Å². The number of hydrogen-bond donors (Lipinski definition) is 1. The first kappa shape index (κ1) is 13.5. The quantitative estimate of drug-likeness (QED) is 0.810. The highest BCUT2D eigenvalue weighted by molar-refractivity contribution is 5.40. The summed E-state index contributed by atoms with van der Waals surface area (Å²) < 4.78 is 1.76. The van der Waals surface area contributed by atoms with Crippen LogP contribution in [-0.2, 0) is 0 Å². The molecule has 2 N–H and O–H groups in total. The molecule has 0 saturated heterocycles. The minimum Gasteiger partial charge on any atom is -0.338 e. The Morgan fingerprint density at radius 1 is 1.21 bits per heavy atom. The summed E-state index contributed by atoms with van der Waals surface area (Å²) in [5, 5.41) is 12.0. The van der Waals surface area contributed by atoms with Crippen molar-refractivity contribution in [2.75, 3.05) is 24.5 Å². The molecule has 6 nitrogen and oxygen atoms in total. The van der Waals surface area contributed by atoms with Crippen molar-refractivity contribution in [1.82, 2.24) is 20.2 Å². The third-order valence-corrected chi connectivity index (χ3v) is 2.92. The SMILES string of the molecule is CCCCN(CCN)c1nnnn1-c1ccccc1. The van der Waals surface area contributed by atoms with Gasteiger partial charge in [0.25, 0.3) is 0 Å². The van der Waals surface area contributed by atoms with Crippen LogP contribution in [0, 0.1) is 0 Å². The lowest BCUT2D eigenvalue weighted by atomic mass is 10.3. The van der Waals surface area contributed by atoms with Crippen molar-refractivity contribution in [3.8, 4) is 5.69 Å². The molecule has 102 valence electrons. The van der Waals surface area contributed by atoms with Crippen LogP contribution in [0.1, 0.15) is 19.8 Å². The van der Waals surface area contributed by atoms with E-state index in [0.717, 1.165) is 37.6 Å². The Morgan fingerprint density at radius 3 is 2.68 bits per heavy atom. The molecule has 0 unspecified atom stereocenters. The van der Waals surface area contributed by atoms with Gasteiger partial charge in [0.2, 0.25) is 5.95 Å². The molecule has 0 radical (unpaired) electrons. The molecule has 19 heavy (non-hydrogen) atoms. The predicted molar refractivity (Wildman–Crippen MR) is 75.3 cm³/mol. The van der Waals surface area contributed by atoms with E-state index in [1.54, 1.807) is 4.68 Å². The molecular formula is C13H20N6. The Balaban J connectivity index is 2.26. The Hall–Kier alpha value is -1.95. The van der Waals surface area contributed by atoms with Crippen LogP contribution >= 0.6 is 0 Å². The van der Waals surface area contributed by atoms with E-state index in [4.69, 9.17) is 5.73 Å². The first-order chi connectivity index (χ1) is 9.36. The van der Waals surface area contributed by atoms with Crippen molar-refractivity contribution in [2.24, 2.45) is 5.73 Å². The normalized spacial score (nSPS) is 10.6. The van der Waals surface area contributed by atoms with E-state index in [9.17, 15) is 0 Å². The van der Waals surface area contributed by atoms with Crippen molar-refractivity contribution in [2.45, 2.75) is 19.8 Å². The second-order valence-electron chi connectivity index (χ2n) is 4.36. The summed E-state index contributed by atoms with van der Waals surface area (Å²) in [6, 6.07) is 9.89. The first-order valence-electron chi connectivity index (χ1n) is 6.65. The average Bonchev–Trinajstić information content (AvgIpc) is 2.93. The highest BCUT2D eigenvalue weighted by Gasteiger charge is 2.14. The zero-order valence-electron chi connectivity index (χ0n) is 11.2. The van der Waals surface area contributed by atoms with Gasteiger partial charge in [-0.1, -0.05) is 36.6 Å². The molecule has 0 spiro atoms. The molecule has 0 aliphatic heterocycles. The summed E-state index contributed by atoms with van der Waals surface area (Å²) in [6.45, 7) is 4.43. The van der Waals surface area contributed by atoms with Gasteiger partial charge >= 0.3 is 0 Å². The second kappa shape index (κ2) is 6.84. The fraction of sp³-hybridized carbons (Fsp3) is 0.462. The Kier molecular flexibility index (Phi) is 4.85. The number of tetrazole rings is 1. The maximum Gasteiger partial charge on any atom is 0.250 e. The standard InChI is InChI=1S/C13H20N6/c1-2-3-10-18(11-9-14)13-15-16-17-19(13)12-7-5-4-6-8-12/h4-8H,2-3,9-11,14H2,1H3. The van der Waals surface area contributed by atoms with E-state index in [1.807, 2.05) is 30.3 Å². The Labute approximate surface area is 113 Å². The van der Waals surface area contributed by atoms with Gasteiger partial charge in [-0.15, -0.1) is 0 Å². The summed E-state index contributed by atoms with van der Waals surface area (Å²) in [5.74, 6) is 0.755. The minimum absolute atomic E-state index is 0.589. The molecule has 0 aliphatic rings. The molecule has 1 aromatic heterocycles. The molecule has 0 bridgehead atoms. The van der Waals surface area contributed by atoms with Gasteiger partial charge in [0, 0.05) is 19.6 Å². The minimum atomic E-state index is 0.589. The molecule has 0 aliphatic carbocycles. The first-order valence-corrected chi connectivity index (χ1v) is 6.65. The van der Waals surface area contributed by atoms with E-state index < -0.39 is 0 Å². The lowest BCUT2D eigenvalue weighted by molar-refractivity contribution is 0.683. The number of nitrogens with zero attached hydrogens (tertiary/aromatic N) is 5. The monoisotopic (exact) mass is 260 g/mol. The molecule has 6 heteroatoms. The molecule has 1 aromatic carbocycles. The van der Waals surface area contributed by atoms with Crippen LogP contribution in [0.2, 0.25) is 0 Å². The fourth-order valence-corrected chi connectivity index (χ4v) is 1.93. The van der Waals surface area contributed by atoms with Crippen LogP contribution in [0.5, 0.6) is 0 Å². The lowest BCUT2D eigenvalue weighted by Crippen LogP contribution is -2.32. The molecule has 1 heterocycles. The Morgan fingerprint density at radius 2 is 2.00 bits per heavy atom. The molecule has 2 aromatic rings. The van der Waals surface area contributed by atoms with Crippen LogP contribution in [0.25, 0.3) is 5.69 Å². The molecule has 0 amide bonds.